The summed E-state index contributed by atoms with van der Waals surface area (Å²) in [6.45, 7) is 6.63. The van der Waals surface area contributed by atoms with Crippen molar-refractivity contribution in [2.45, 2.75) is 44.8 Å². The molecule has 4 heterocycles. The van der Waals surface area contributed by atoms with Crippen molar-refractivity contribution in [2.24, 2.45) is 13.0 Å². The highest BCUT2D eigenvalue weighted by Gasteiger charge is 2.24. The number of thioether (sulfide) groups is 1. The maximum atomic E-state index is 12.7. The third-order valence-corrected chi connectivity index (χ3v) is 6.40. The van der Waals surface area contributed by atoms with Gasteiger partial charge in [0.05, 0.1) is 0 Å². The molecule has 1 N–H and O–H groups in total. The minimum atomic E-state index is -0.442. The quantitative estimate of drug-likeness (QED) is 0.363. The standard InChI is InChI=1S/C20H27N7O2S/c1-13-6-4-9-26(12-13)19-23-16-15(17(28)24-20(29)25(16)3)27(19)10-5-11-30-18-21-8-7-14(2)22-18/h7-8,13H,4-6,9-12H2,1-3H3,(H,24,28,29). The van der Waals surface area contributed by atoms with E-state index in [2.05, 4.69) is 26.8 Å². The molecule has 1 aliphatic heterocycles. The van der Waals surface area contributed by atoms with E-state index >= 15 is 0 Å². The molecule has 160 valence electrons. The van der Waals surface area contributed by atoms with E-state index in [4.69, 9.17) is 4.98 Å². The van der Waals surface area contributed by atoms with Crippen molar-refractivity contribution < 1.29 is 0 Å². The minimum Gasteiger partial charge on any atom is -0.342 e. The maximum Gasteiger partial charge on any atom is 0.329 e. The summed E-state index contributed by atoms with van der Waals surface area (Å²) in [7, 11) is 1.64. The number of piperidine rings is 1. The van der Waals surface area contributed by atoms with Gasteiger partial charge in [0.1, 0.15) is 0 Å². The smallest absolute Gasteiger partial charge is 0.329 e. The zero-order valence-electron chi connectivity index (χ0n) is 17.6. The molecular weight excluding hydrogens is 402 g/mol. The Balaban J connectivity index is 1.62. The van der Waals surface area contributed by atoms with Crippen LogP contribution in [0.15, 0.2) is 27.0 Å². The topological polar surface area (TPSA) is 102 Å². The fourth-order valence-electron chi connectivity index (χ4n) is 3.93. The summed E-state index contributed by atoms with van der Waals surface area (Å²) < 4.78 is 3.39. The summed E-state index contributed by atoms with van der Waals surface area (Å²) in [6, 6.07) is 1.88. The zero-order chi connectivity index (χ0) is 21.3. The van der Waals surface area contributed by atoms with Crippen LogP contribution in [0.1, 0.15) is 31.9 Å². The molecule has 0 amide bonds. The SMILES string of the molecule is Cc1ccnc(SCCCn2c(N3CCCC(C)C3)nc3c2c(=O)[nH]c(=O)n3C)n1. The Labute approximate surface area is 178 Å². The Kier molecular flexibility index (Phi) is 5.94. The number of anilines is 1. The second-order valence-corrected chi connectivity index (χ2v) is 8.99. The van der Waals surface area contributed by atoms with Crippen molar-refractivity contribution in [3.8, 4) is 0 Å². The van der Waals surface area contributed by atoms with Gasteiger partial charge in [-0.2, -0.15) is 4.98 Å². The monoisotopic (exact) mass is 429 g/mol. The van der Waals surface area contributed by atoms with E-state index in [1.165, 1.54) is 11.0 Å². The summed E-state index contributed by atoms with van der Waals surface area (Å²) in [5.41, 5.74) is 1.02. The number of aromatic nitrogens is 6. The third-order valence-electron chi connectivity index (χ3n) is 5.46. The summed E-state index contributed by atoms with van der Waals surface area (Å²) in [6.07, 6.45) is 4.89. The van der Waals surface area contributed by atoms with Crippen LogP contribution in [0.2, 0.25) is 0 Å². The molecule has 0 saturated carbocycles. The number of nitrogens with zero attached hydrogens (tertiary/aromatic N) is 6. The van der Waals surface area contributed by atoms with Gasteiger partial charge < -0.3 is 9.47 Å². The minimum absolute atomic E-state index is 0.383. The highest BCUT2D eigenvalue weighted by Crippen LogP contribution is 2.26. The maximum absolute atomic E-state index is 12.7. The van der Waals surface area contributed by atoms with Crippen LogP contribution in [-0.4, -0.2) is 47.9 Å². The molecule has 0 bridgehead atoms. The average Bonchev–Trinajstić information content (AvgIpc) is 3.10. The molecule has 1 unspecified atom stereocenters. The fraction of sp³-hybridized carbons (Fsp3) is 0.550. The van der Waals surface area contributed by atoms with E-state index in [1.807, 2.05) is 17.6 Å². The molecule has 0 radical (unpaired) electrons. The van der Waals surface area contributed by atoms with Crippen molar-refractivity contribution >= 4 is 28.9 Å². The van der Waals surface area contributed by atoms with Gasteiger partial charge in [0.25, 0.3) is 5.56 Å². The number of aryl methyl sites for hydroxylation is 3. The van der Waals surface area contributed by atoms with Gasteiger partial charge in [0.2, 0.25) is 5.95 Å². The van der Waals surface area contributed by atoms with E-state index < -0.39 is 5.69 Å². The molecule has 10 heteroatoms. The molecule has 1 saturated heterocycles. The second kappa shape index (κ2) is 8.63. The van der Waals surface area contributed by atoms with Crippen LogP contribution >= 0.6 is 11.8 Å². The number of H-pyrrole nitrogens is 1. The van der Waals surface area contributed by atoms with Gasteiger partial charge in [-0.3, -0.25) is 14.3 Å². The summed E-state index contributed by atoms with van der Waals surface area (Å²) in [5.74, 6) is 2.17. The van der Waals surface area contributed by atoms with Crippen LogP contribution in [-0.2, 0) is 13.6 Å². The molecular formula is C20H27N7O2S. The lowest BCUT2D eigenvalue weighted by atomic mass is 10.0. The number of nitrogens with one attached hydrogen (secondary N) is 1. The summed E-state index contributed by atoms with van der Waals surface area (Å²) >= 11 is 1.60. The second-order valence-electron chi connectivity index (χ2n) is 7.93. The molecule has 0 aromatic carbocycles. The van der Waals surface area contributed by atoms with Gasteiger partial charge in [-0.25, -0.2) is 14.8 Å². The number of aromatic amines is 1. The van der Waals surface area contributed by atoms with Crippen LogP contribution in [0.3, 0.4) is 0 Å². The first-order valence-electron chi connectivity index (χ1n) is 10.3. The van der Waals surface area contributed by atoms with Crippen molar-refractivity contribution in [3.63, 3.8) is 0 Å². The van der Waals surface area contributed by atoms with Crippen molar-refractivity contribution in [3.05, 3.63) is 38.8 Å². The van der Waals surface area contributed by atoms with Crippen molar-refractivity contribution in [1.82, 2.24) is 29.1 Å². The normalized spacial score (nSPS) is 17.0. The van der Waals surface area contributed by atoms with Gasteiger partial charge in [0, 0.05) is 44.3 Å². The Morgan fingerprint density at radius 3 is 2.90 bits per heavy atom. The molecule has 0 spiro atoms. The van der Waals surface area contributed by atoms with E-state index in [0.29, 0.717) is 23.6 Å². The van der Waals surface area contributed by atoms with Gasteiger partial charge in [0.15, 0.2) is 16.3 Å². The van der Waals surface area contributed by atoms with E-state index in [0.717, 1.165) is 48.5 Å². The molecule has 1 aliphatic rings. The molecule has 3 aromatic rings. The lowest BCUT2D eigenvalue weighted by Gasteiger charge is -2.32. The first-order valence-corrected chi connectivity index (χ1v) is 11.3. The highest BCUT2D eigenvalue weighted by atomic mass is 32.2. The number of fused-ring (bicyclic) bond motifs is 1. The molecule has 9 nitrogen and oxygen atoms in total. The van der Waals surface area contributed by atoms with Crippen LogP contribution in [0.4, 0.5) is 5.95 Å². The summed E-state index contributed by atoms with van der Waals surface area (Å²) in [5, 5.41) is 0.760. The average molecular weight is 430 g/mol. The van der Waals surface area contributed by atoms with Gasteiger partial charge in [-0.1, -0.05) is 18.7 Å². The molecule has 1 fully saturated rings. The Morgan fingerprint density at radius 1 is 1.30 bits per heavy atom. The highest BCUT2D eigenvalue weighted by molar-refractivity contribution is 7.99. The van der Waals surface area contributed by atoms with Gasteiger partial charge >= 0.3 is 5.69 Å². The zero-order valence-corrected chi connectivity index (χ0v) is 18.4. The van der Waals surface area contributed by atoms with Crippen LogP contribution in [0.5, 0.6) is 0 Å². The van der Waals surface area contributed by atoms with Crippen molar-refractivity contribution in [1.29, 1.82) is 0 Å². The number of hydrogen-bond donors (Lipinski definition) is 1. The van der Waals surface area contributed by atoms with Crippen LogP contribution < -0.4 is 16.1 Å². The van der Waals surface area contributed by atoms with Gasteiger partial charge in [-0.15, -0.1) is 0 Å². The molecule has 1 atom stereocenters. The van der Waals surface area contributed by atoms with E-state index in [9.17, 15) is 9.59 Å². The Hall–Kier alpha value is -2.62. The van der Waals surface area contributed by atoms with E-state index in [-0.39, 0.29) is 5.56 Å². The van der Waals surface area contributed by atoms with E-state index in [1.54, 1.807) is 25.0 Å². The lowest BCUT2D eigenvalue weighted by Crippen LogP contribution is -2.36. The number of hydrogen-bond acceptors (Lipinski definition) is 7. The molecule has 0 aliphatic carbocycles. The first-order chi connectivity index (χ1) is 14.4. The number of rotatable bonds is 6. The predicted octanol–water partition coefficient (Wildman–Crippen LogP) is 1.94. The largest absolute Gasteiger partial charge is 0.342 e. The lowest BCUT2D eigenvalue weighted by molar-refractivity contribution is 0.438. The molecule has 4 rings (SSSR count). The van der Waals surface area contributed by atoms with Crippen LogP contribution in [0.25, 0.3) is 11.2 Å². The molecule has 30 heavy (non-hydrogen) atoms. The third kappa shape index (κ3) is 4.14. The van der Waals surface area contributed by atoms with Gasteiger partial charge in [-0.05, 0) is 38.2 Å². The Morgan fingerprint density at radius 2 is 2.13 bits per heavy atom. The fourth-order valence-corrected chi connectivity index (χ4v) is 4.73. The van der Waals surface area contributed by atoms with Crippen LogP contribution in [0, 0.1) is 12.8 Å². The summed E-state index contributed by atoms with van der Waals surface area (Å²) in [4.78, 5) is 42.8. The first kappa shape index (κ1) is 20.6. The Bertz CT molecular complexity index is 1170. The predicted molar refractivity (Wildman–Crippen MR) is 118 cm³/mol. The number of imidazole rings is 1. The van der Waals surface area contributed by atoms with Crippen molar-refractivity contribution in [2.75, 3.05) is 23.7 Å². The molecule has 3 aromatic heterocycles.